The van der Waals surface area contributed by atoms with E-state index in [1.54, 1.807) is 0 Å². The second kappa shape index (κ2) is 4.39. The van der Waals surface area contributed by atoms with Gasteiger partial charge in [0, 0.05) is 4.47 Å². The predicted molar refractivity (Wildman–Crippen MR) is 52.9 cm³/mol. The number of nitrogens with zero attached hydrogens (tertiary/aromatic N) is 1. The molecule has 0 N–H and O–H groups in total. The van der Waals surface area contributed by atoms with E-state index in [1.165, 1.54) is 0 Å². The van der Waals surface area contributed by atoms with Gasteiger partial charge in [0.1, 0.15) is 0 Å². The number of hydrogen-bond donors (Lipinski definition) is 0. The first-order chi connectivity index (χ1) is 5.34. The van der Waals surface area contributed by atoms with Gasteiger partial charge in [-0.2, -0.15) is 0 Å². The molecule has 0 amide bonds. The van der Waals surface area contributed by atoms with E-state index in [9.17, 15) is 0 Å². The summed E-state index contributed by atoms with van der Waals surface area (Å²) >= 11 is 7.87. The van der Waals surface area contributed by atoms with E-state index >= 15 is 0 Å². The summed E-state index contributed by atoms with van der Waals surface area (Å²) in [5.74, 6) is 0. The van der Waals surface area contributed by atoms with Crippen LogP contribution < -0.4 is 0 Å². The van der Waals surface area contributed by atoms with E-state index in [-0.39, 0.29) is 0 Å². The Hall–Kier alpha value is -0.500. The molecule has 56 valence electrons. The van der Waals surface area contributed by atoms with Crippen molar-refractivity contribution in [1.82, 2.24) is 0 Å². The molecule has 1 nitrogen and oxygen atoms in total. The molecule has 1 aromatic rings. The Kier molecular flexibility index (Phi) is 3.43. The zero-order chi connectivity index (χ0) is 8.10. The summed E-state index contributed by atoms with van der Waals surface area (Å²) in [6.45, 7) is 0.602. The molecule has 1 rings (SSSR count). The maximum atomic E-state index is 4.46. The fourth-order valence-electron chi connectivity index (χ4n) is 0.744. The van der Waals surface area contributed by atoms with Crippen LogP contribution >= 0.6 is 28.1 Å². The third kappa shape index (κ3) is 2.54. The molecule has 0 heterocycles. The number of hydrogen-bond acceptors (Lipinski definition) is 2. The largest absolute Gasteiger partial charge is 0.228 e. The maximum Gasteiger partial charge on any atom is 0.0754 e. The highest BCUT2D eigenvalue weighted by molar-refractivity contribution is 9.10. The van der Waals surface area contributed by atoms with Crippen molar-refractivity contribution in [2.24, 2.45) is 4.99 Å². The second-order valence-corrected chi connectivity index (χ2v) is 3.04. The van der Waals surface area contributed by atoms with E-state index in [1.807, 2.05) is 24.3 Å². The zero-order valence-corrected chi connectivity index (χ0v) is 8.15. The number of rotatable bonds is 2. The van der Waals surface area contributed by atoms with Crippen molar-refractivity contribution in [2.45, 2.75) is 6.54 Å². The van der Waals surface area contributed by atoms with Crippen LogP contribution in [-0.2, 0) is 6.54 Å². The van der Waals surface area contributed by atoms with E-state index in [4.69, 9.17) is 0 Å². The summed E-state index contributed by atoms with van der Waals surface area (Å²) in [6.07, 6.45) is 0. The van der Waals surface area contributed by atoms with E-state index in [0.29, 0.717) is 6.54 Å². The first-order valence-corrected chi connectivity index (χ1v) is 4.32. The molecule has 0 aliphatic rings. The lowest BCUT2D eigenvalue weighted by Gasteiger charge is -1.96. The topological polar surface area (TPSA) is 12.4 Å². The van der Waals surface area contributed by atoms with Gasteiger partial charge in [0.2, 0.25) is 0 Å². The van der Waals surface area contributed by atoms with Gasteiger partial charge < -0.3 is 0 Å². The highest BCUT2D eigenvalue weighted by Gasteiger charge is 1.94. The number of isothiocyanates is 1. The smallest absolute Gasteiger partial charge is 0.0754 e. The Morgan fingerprint density at radius 2 is 2.18 bits per heavy atom. The summed E-state index contributed by atoms with van der Waals surface area (Å²) in [5.41, 5.74) is 1.13. The van der Waals surface area contributed by atoms with Crippen molar-refractivity contribution in [2.75, 3.05) is 0 Å². The van der Waals surface area contributed by atoms with Crippen molar-refractivity contribution in [3.8, 4) is 0 Å². The minimum atomic E-state index is 0.602. The molecule has 11 heavy (non-hydrogen) atoms. The van der Waals surface area contributed by atoms with Crippen molar-refractivity contribution in [3.05, 3.63) is 34.3 Å². The summed E-state index contributed by atoms with van der Waals surface area (Å²) < 4.78 is 1.06. The molecule has 0 fully saturated rings. The van der Waals surface area contributed by atoms with E-state index in [0.717, 1.165) is 10.0 Å². The fourth-order valence-corrected chi connectivity index (χ4v) is 1.22. The molecule has 1 aromatic carbocycles. The molecule has 0 aromatic heterocycles. The van der Waals surface area contributed by atoms with Gasteiger partial charge in [-0.3, -0.25) is 0 Å². The molecule has 0 aliphatic carbocycles. The van der Waals surface area contributed by atoms with Crippen LogP contribution in [0.25, 0.3) is 0 Å². The lowest BCUT2D eigenvalue weighted by Crippen LogP contribution is -1.80. The van der Waals surface area contributed by atoms with Crippen molar-refractivity contribution in [1.29, 1.82) is 0 Å². The number of aliphatic imine (C=N–C) groups is 1. The molecular weight excluding hydrogens is 222 g/mol. The number of halogens is 1. The van der Waals surface area contributed by atoms with Gasteiger partial charge in [0.25, 0.3) is 0 Å². The molecule has 0 saturated carbocycles. The Balaban J connectivity index is 2.85. The Bertz CT molecular complexity index is 292. The first kappa shape index (κ1) is 8.60. The lowest BCUT2D eigenvalue weighted by atomic mass is 10.2. The number of thiocarbonyl (C=S) groups is 1. The normalized spacial score (nSPS) is 8.82. The molecule has 0 radical (unpaired) electrons. The van der Waals surface area contributed by atoms with Crippen LogP contribution in [0.15, 0.2) is 33.7 Å². The van der Waals surface area contributed by atoms with Crippen LogP contribution in [0.4, 0.5) is 0 Å². The van der Waals surface area contributed by atoms with Gasteiger partial charge in [-0.25, -0.2) is 4.99 Å². The van der Waals surface area contributed by atoms with Gasteiger partial charge in [-0.15, -0.1) is 0 Å². The minimum absolute atomic E-state index is 0.602. The molecule has 0 bridgehead atoms. The monoisotopic (exact) mass is 227 g/mol. The van der Waals surface area contributed by atoms with Crippen LogP contribution in [0.1, 0.15) is 5.56 Å². The predicted octanol–water partition coefficient (Wildman–Crippen LogP) is 3.05. The average Bonchev–Trinajstić information content (AvgIpc) is 2.03. The molecule has 0 unspecified atom stereocenters. The minimum Gasteiger partial charge on any atom is -0.228 e. The molecule has 0 atom stereocenters. The molecule has 0 spiro atoms. The third-order valence-electron chi connectivity index (χ3n) is 1.27. The highest BCUT2D eigenvalue weighted by atomic mass is 79.9. The Morgan fingerprint density at radius 3 is 2.82 bits per heavy atom. The summed E-state index contributed by atoms with van der Waals surface area (Å²) in [5, 5.41) is 2.33. The van der Waals surface area contributed by atoms with Crippen LogP contribution in [0.2, 0.25) is 0 Å². The van der Waals surface area contributed by atoms with Crippen LogP contribution in [0, 0.1) is 0 Å². The van der Waals surface area contributed by atoms with Gasteiger partial charge in [0.05, 0.1) is 11.7 Å². The van der Waals surface area contributed by atoms with Gasteiger partial charge in [-0.05, 0) is 23.8 Å². The quantitative estimate of drug-likeness (QED) is 0.559. The maximum absolute atomic E-state index is 4.46. The lowest BCUT2D eigenvalue weighted by molar-refractivity contribution is 1.07. The fraction of sp³-hybridized carbons (Fsp3) is 0.125. The SMILES string of the molecule is S=C=NCc1ccccc1Br. The molecular formula is C8H6BrNS. The van der Waals surface area contributed by atoms with Gasteiger partial charge in [0.15, 0.2) is 0 Å². The van der Waals surface area contributed by atoms with E-state index in [2.05, 4.69) is 38.3 Å². The number of benzene rings is 1. The van der Waals surface area contributed by atoms with Crippen molar-refractivity contribution < 1.29 is 0 Å². The van der Waals surface area contributed by atoms with Crippen LogP contribution in [0.5, 0.6) is 0 Å². The standard InChI is InChI=1S/C8H6BrNS/c9-8-4-2-1-3-7(8)5-10-6-11/h1-4H,5H2. The Morgan fingerprint density at radius 1 is 1.45 bits per heavy atom. The third-order valence-corrected chi connectivity index (χ3v) is 2.17. The van der Waals surface area contributed by atoms with Crippen molar-refractivity contribution in [3.63, 3.8) is 0 Å². The zero-order valence-electron chi connectivity index (χ0n) is 5.75. The van der Waals surface area contributed by atoms with Crippen LogP contribution in [-0.4, -0.2) is 5.16 Å². The summed E-state index contributed by atoms with van der Waals surface area (Å²) in [7, 11) is 0. The molecule has 3 heteroatoms. The summed E-state index contributed by atoms with van der Waals surface area (Å²) in [6, 6.07) is 7.92. The second-order valence-electron chi connectivity index (χ2n) is 2.00. The van der Waals surface area contributed by atoms with Gasteiger partial charge >= 0.3 is 0 Å². The van der Waals surface area contributed by atoms with Crippen molar-refractivity contribution >= 4 is 33.3 Å². The Labute approximate surface area is 79.3 Å². The summed E-state index contributed by atoms with van der Waals surface area (Å²) in [4.78, 5) is 3.84. The average molecular weight is 228 g/mol. The van der Waals surface area contributed by atoms with E-state index < -0.39 is 0 Å². The molecule has 0 saturated heterocycles. The van der Waals surface area contributed by atoms with Crippen LogP contribution in [0.3, 0.4) is 0 Å². The first-order valence-electron chi connectivity index (χ1n) is 3.11. The molecule has 0 aliphatic heterocycles. The highest BCUT2D eigenvalue weighted by Crippen LogP contribution is 2.15. The van der Waals surface area contributed by atoms with Gasteiger partial charge in [-0.1, -0.05) is 34.1 Å².